The molecule has 2 unspecified atom stereocenters. The Bertz CT molecular complexity index is 504. The van der Waals surface area contributed by atoms with E-state index in [0.717, 1.165) is 19.0 Å². The Balaban J connectivity index is 0.00000312. The van der Waals surface area contributed by atoms with E-state index in [9.17, 15) is 0 Å². The number of hydrogen-bond acceptors (Lipinski definition) is 2. The highest BCUT2D eigenvalue weighted by Gasteiger charge is 2.21. The van der Waals surface area contributed by atoms with E-state index in [0.29, 0.717) is 12.0 Å². The maximum Gasteiger partial charge on any atom is 0.191 e. The molecule has 5 heteroatoms. The van der Waals surface area contributed by atoms with Crippen LogP contribution in [0.1, 0.15) is 52.1 Å². The summed E-state index contributed by atoms with van der Waals surface area (Å²) >= 11 is 0. The lowest BCUT2D eigenvalue weighted by Crippen LogP contribution is -2.42. The van der Waals surface area contributed by atoms with Crippen molar-refractivity contribution in [1.29, 1.82) is 0 Å². The van der Waals surface area contributed by atoms with Crippen LogP contribution in [0, 0.1) is 5.92 Å². The molecule has 1 heterocycles. The number of nitrogens with zero attached hydrogens (tertiary/aromatic N) is 2. The van der Waals surface area contributed by atoms with Gasteiger partial charge in [-0.15, -0.1) is 24.0 Å². The minimum absolute atomic E-state index is 0. The number of piperidine rings is 1. The fourth-order valence-corrected chi connectivity index (χ4v) is 3.29. The van der Waals surface area contributed by atoms with Gasteiger partial charge in [-0.1, -0.05) is 30.3 Å². The van der Waals surface area contributed by atoms with Gasteiger partial charge in [-0.05, 0) is 58.6 Å². The number of hydrogen-bond donors (Lipinski definition) is 2. The monoisotopic (exact) mass is 458 g/mol. The SMILES string of the molecule is CCNC(=NCC1CCCN(C(C)C)C1)NC(C)c1ccccc1.I. The molecule has 0 spiro atoms. The molecule has 1 aromatic rings. The van der Waals surface area contributed by atoms with E-state index < -0.39 is 0 Å². The summed E-state index contributed by atoms with van der Waals surface area (Å²) in [5, 5.41) is 6.92. The lowest BCUT2D eigenvalue weighted by molar-refractivity contribution is 0.143. The molecule has 2 N–H and O–H groups in total. The summed E-state index contributed by atoms with van der Waals surface area (Å²) in [4.78, 5) is 7.44. The third-order valence-electron chi connectivity index (χ3n) is 4.79. The Kier molecular flexibility index (Phi) is 10.4. The molecule has 1 aromatic carbocycles. The number of aliphatic imine (C=N–C) groups is 1. The zero-order valence-corrected chi connectivity index (χ0v) is 18.5. The van der Waals surface area contributed by atoms with Gasteiger partial charge in [-0.2, -0.15) is 0 Å². The summed E-state index contributed by atoms with van der Waals surface area (Å²) in [5.74, 6) is 1.60. The van der Waals surface area contributed by atoms with Crippen LogP contribution in [0.2, 0.25) is 0 Å². The van der Waals surface area contributed by atoms with Gasteiger partial charge >= 0.3 is 0 Å². The lowest BCUT2D eigenvalue weighted by atomic mass is 9.97. The van der Waals surface area contributed by atoms with Crippen LogP contribution in [-0.2, 0) is 0 Å². The number of guanidine groups is 1. The first-order valence-electron chi connectivity index (χ1n) is 9.44. The second kappa shape index (κ2) is 11.7. The highest BCUT2D eigenvalue weighted by atomic mass is 127. The molecule has 1 fully saturated rings. The van der Waals surface area contributed by atoms with Gasteiger partial charge in [-0.25, -0.2) is 0 Å². The van der Waals surface area contributed by atoms with Gasteiger partial charge in [0.25, 0.3) is 0 Å². The van der Waals surface area contributed by atoms with Crippen molar-refractivity contribution in [3.63, 3.8) is 0 Å². The van der Waals surface area contributed by atoms with E-state index in [1.54, 1.807) is 0 Å². The molecule has 1 aliphatic rings. The van der Waals surface area contributed by atoms with E-state index in [1.807, 2.05) is 0 Å². The molecule has 1 aliphatic heterocycles. The zero-order chi connectivity index (χ0) is 17.4. The van der Waals surface area contributed by atoms with Crippen molar-refractivity contribution in [3.8, 4) is 0 Å². The standard InChI is InChI=1S/C20H34N4.HI/c1-5-21-20(23-17(4)19-11-7-6-8-12-19)22-14-18-10-9-13-24(15-18)16(2)3;/h6-8,11-12,16-18H,5,9-10,13-15H2,1-4H3,(H2,21,22,23);1H. The molecule has 0 radical (unpaired) electrons. The van der Waals surface area contributed by atoms with Gasteiger partial charge in [0.1, 0.15) is 0 Å². The van der Waals surface area contributed by atoms with Crippen LogP contribution in [0.15, 0.2) is 35.3 Å². The molecule has 0 bridgehead atoms. The molecule has 25 heavy (non-hydrogen) atoms. The first-order chi connectivity index (χ1) is 11.6. The van der Waals surface area contributed by atoms with Crippen LogP contribution in [0.5, 0.6) is 0 Å². The maximum atomic E-state index is 4.86. The smallest absolute Gasteiger partial charge is 0.191 e. The Hall–Kier alpha value is -0.820. The third kappa shape index (κ3) is 7.52. The van der Waals surface area contributed by atoms with Gasteiger partial charge < -0.3 is 15.5 Å². The second-order valence-electron chi connectivity index (χ2n) is 7.09. The van der Waals surface area contributed by atoms with E-state index in [4.69, 9.17) is 4.99 Å². The first-order valence-corrected chi connectivity index (χ1v) is 9.44. The summed E-state index contributed by atoms with van der Waals surface area (Å²) in [6.07, 6.45) is 2.59. The third-order valence-corrected chi connectivity index (χ3v) is 4.79. The predicted molar refractivity (Wildman–Crippen MR) is 119 cm³/mol. The van der Waals surface area contributed by atoms with Crippen molar-refractivity contribution >= 4 is 29.9 Å². The molecule has 0 aliphatic carbocycles. The summed E-state index contributed by atoms with van der Waals surface area (Å²) in [5.41, 5.74) is 1.28. The highest BCUT2D eigenvalue weighted by molar-refractivity contribution is 14.0. The van der Waals surface area contributed by atoms with Crippen LogP contribution < -0.4 is 10.6 Å². The summed E-state index contributed by atoms with van der Waals surface area (Å²) in [7, 11) is 0. The van der Waals surface area contributed by atoms with Crippen LogP contribution in [-0.4, -0.2) is 43.1 Å². The maximum absolute atomic E-state index is 4.86. The van der Waals surface area contributed by atoms with Gasteiger partial charge in [-0.3, -0.25) is 4.99 Å². The largest absolute Gasteiger partial charge is 0.357 e. The molecular formula is C20H35IN4. The molecule has 142 valence electrons. The summed E-state index contributed by atoms with van der Waals surface area (Å²) < 4.78 is 0. The second-order valence-corrected chi connectivity index (χ2v) is 7.09. The van der Waals surface area contributed by atoms with Crippen molar-refractivity contribution in [3.05, 3.63) is 35.9 Å². The van der Waals surface area contributed by atoms with E-state index >= 15 is 0 Å². The summed E-state index contributed by atoms with van der Waals surface area (Å²) in [6, 6.07) is 11.4. The predicted octanol–water partition coefficient (Wildman–Crippen LogP) is 4.04. The fourth-order valence-electron chi connectivity index (χ4n) is 3.29. The minimum atomic E-state index is 0. The number of halogens is 1. The topological polar surface area (TPSA) is 39.7 Å². The van der Waals surface area contributed by atoms with Gasteiger partial charge in [0.05, 0.1) is 6.04 Å². The lowest BCUT2D eigenvalue weighted by Gasteiger charge is -2.35. The van der Waals surface area contributed by atoms with Gasteiger partial charge in [0.15, 0.2) is 5.96 Å². The Morgan fingerprint density at radius 3 is 2.60 bits per heavy atom. The van der Waals surface area contributed by atoms with Crippen molar-refractivity contribution in [2.75, 3.05) is 26.2 Å². The first kappa shape index (κ1) is 22.2. The summed E-state index contributed by atoms with van der Waals surface area (Å²) in [6.45, 7) is 13.1. The van der Waals surface area contributed by atoms with E-state index in [-0.39, 0.29) is 30.0 Å². The average Bonchev–Trinajstić information content (AvgIpc) is 2.61. The molecule has 1 saturated heterocycles. The van der Waals surface area contributed by atoms with Crippen molar-refractivity contribution in [1.82, 2.24) is 15.5 Å². The normalized spacial score (nSPS) is 20.0. The van der Waals surface area contributed by atoms with Crippen LogP contribution in [0.25, 0.3) is 0 Å². The zero-order valence-electron chi connectivity index (χ0n) is 16.2. The van der Waals surface area contributed by atoms with Crippen molar-refractivity contribution in [2.24, 2.45) is 10.9 Å². The molecular weight excluding hydrogens is 423 g/mol. The molecule has 2 atom stereocenters. The Morgan fingerprint density at radius 1 is 1.24 bits per heavy atom. The van der Waals surface area contributed by atoms with Crippen LogP contribution >= 0.6 is 24.0 Å². The fraction of sp³-hybridized carbons (Fsp3) is 0.650. The highest BCUT2D eigenvalue weighted by Crippen LogP contribution is 2.18. The van der Waals surface area contributed by atoms with Crippen LogP contribution in [0.4, 0.5) is 0 Å². The quantitative estimate of drug-likeness (QED) is 0.384. The van der Waals surface area contributed by atoms with Crippen molar-refractivity contribution < 1.29 is 0 Å². The molecule has 0 saturated carbocycles. The van der Waals surface area contributed by atoms with E-state index in [1.165, 1.54) is 31.5 Å². The number of likely N-dealkylation sites (tertiary alicyclic amines) is 1. The van der Waals surface area contributed by atoms with Crippen LogP contribution in [0.3, 0.4) is 0 Å². The Morgan fingerprint density at radius 2 is 1.96 bits per heavy atom. The average molecular weight is 458 g/mol. The van der Waals surface area contributed by atoms with E-state index in [2.05, 4.69) is 73.6 Å². The van der Waals surface area contributed by atoms with Gasteiger partial charge in [0.2, 0.25) is 0 Å². The Labute approximate surface area is 170 Å². The molecule has 2 rings (SSSR count). The molecule has 4 nitrogen and oxygen atoms in total. The number of nitrogens with one attached hydrogen (secondary N) is 2. The number of benzene rings is 1. The molecule has 0 amide bonds. The number of rotatable bonds is 6. The minimum Gasteiger partial charge on any atom is -0.357 e. The molecule has 0 aromatic heterocycles. The van der Waals surface area contributed by atoms with Gasteiger partial charge in [0, 0.05) is 25.7 Å². The van der Waals surface area contributed by atoms with Crippen molar-refractivity contribution in [2.45, 2.75) is 52.6 Å².